The van der Waals surface area contributed by atoms with Gasteiger partial charge in [-0.25, -0.2) is 21.6 Å². The summed E-state index contributed by atoms with van der Waals surface area (Å²) in [7, 11) is -5.09. The molecule has 37 heavy (non-hydrogen) atoms. The number of rotatable bonds is 6. The van der Waals surface area contributed by atoms with E-state index in [0.29, 0.717) is 11.0 Å². The lowest BCUT2D eigenvalue weighted by molar-refractivity contribution is -0.124. The molecule has 0 aromatic heterocycles. The minimum absolute atomic E-state index is 0.132. The number of halogens is 3. The second-order valence-electron chi connectivity index (χ2n) is 10.8. The Morgan fingerprint density at radius 3 is 2.22 bits per heavy atom. The summed E-state index contributed by atoms with van der Waals surface area (Å²) in [4.78, 5) is 12.8. The van der Waals surface area contributed by atoms with Gasteiger partial charge in [-0.2, -0.15) is 4.31 Å². The Morgan fingerprint density at radius 2 is 1.62 bits per heavy atom. The average molecular weight is 538 g/mol. The molecule has 0 radical (unpaired) electrons. The smallest absolute Gasteiger partial charge is 0.399 e. The van der Waals surface area contributed by atoms with E-state index in [4.69, 9.17) is 9.31 Å². The van der Waals surface area contributed by atoms with E-state index in [1.807, 2.05) is 27.7 Å². The highest BCUT2D eigenvalue weighted by Crippen LogP contribution is 2.37. The highest BCUT2D eigenvalue weighted by molar-refractivity contribution is 7.89. The van der Waals surface area contributed by atoms with Gasteiger partial charge in [0.2, 0.25) is 15.9 Å². The molecule has 2 aromatic carbocycles. The molecular weight excluding hydrogens is 508 g/mol. The Labute approximate surface area is 215 Å². The van der Waals surface area contributed by atoms with Crippen molar-refractivity contribution in [2.45, 2.75) is 75.4 Å². The molecule has 1 N–H and O–H groups in total. The molecule has 2 atom stereocenters. The molecule has 2 saturated heterocycles. The van der Waals surface area contributed by atoms with Gasteiger partial charge in [0.05, 0.1) is 16.1 Å². The van der Waals surface area contributed by atoms with E-state index in [9.17, 15) is 26.4 Å². The van der Waals surface area contributed by atoms with E-state index >= 15 is 0 Å². The Bertz CT molecular complexity index is 1290. The molecule has 0 saturated carbocycles. The number of nitrogens with zero attached hydrogens (tertiary/aromatic N) is 1. The van der Waals surface area contributed by atoms with Gasteiger partial charge < -0.3 is 14.6 Å². The van der Waals surface area contributed by atoms with Crippen molar-refractivity contribution in [2.75, 3.05) is 6.54 Å². The van der Waals surface area contributed by atoms with Crippen molar-refractivity contribution >= 4 is 28.5 Å². The number of carbonyl (C=O) groups is 1. The van der Waals surface area contributed by atoms with Gasteiger partial charge in [0, 0.05) is 19.5 Å². The Hall–Kier alpha value is -2.41. The molecule has 2 aromatic rings. The fraction of sp³-hybridized carbons (Fsp3) is 0.480. The van der Waals surface area contributed by atoms with Crippen LogP contribution in [0.2, 0.25) is 0 Å². The largest absolute Gasteiger partial charge is 0.494 e. The number of hydrogen-bond acceptors (Lipinski definition) is 5. The molecule has 0 spiro atoms. The summed E-state index contributed by atoms with van der Waals surface area (Å²) in [5.74, 6) is -1.91. The molecular formula is C25H30BF3N2O5S. The summed E-state index contributed by atoms with van der Waals surface area (Å²) in [6.07, 6.45) is -0.360. The molecule has 200 valence electrons. The minimum Gasteiger partial charge on any atom is -0.399 e. The van der Waals surface area contributed by atoms with E-state index in [1.54, 1.807) is 6.07 Å². The summed E-state index contributed by atoms with van der Waals surface area (Å²) in [5.41, 5.74) is -2.37. The number of alkyl halides is 1. The molecule has 7 nitrogen and oxygen atoms in total. The second kappa shape index (κ2) is 9.41. The Kier molecular flexibility index (Phi) is 7.02. The standard InChI is InChI=1S/C25H30BF3N2O5S/c1-23(2)24(3,4)36-26(35-23)17-10-16(11-19(28)12-17)14-30-22(32)21-13-25(5,29)15-31(21)37(33,34)20-8-6-18(27)7-9-20/h6-12,21H,13-15H2,1-5H3,(H,30,32). The highest BCUT2D eigenvalue weighted by atomic mass is 32.2. The summed E-state index contributed by atoms with van der Waals surface area (Å²) in [5, 5.41) is 2.60. The van der Waals surface area contributed by atoms with Crippen molar-refractivity contribution in [2.24, 2.45) is 0 Å². The number of hydrogen-bond donors (Lipinski definition) is 1. The van der Waals surface area contributed by atoms with Crippen LogP contribution in [0, 0.1) is 11.6 Å². The van der Waals surface area contributed by atoms with E-state index in [0.717, 1.165) is 28.6 Å². The first-order chi connectivity index (χ1) is 17.0. The van der Waals surface area contributed by atoms with Gasteiger partial charge >= 0.3 is 7.12 Å². The highest BCUT2D eigenvalue weighted by Gasteiger charge is 2.52. The molecule has 0 bridgehead atoms. The van der Waals surface area contributed by atoms with Crippen LogP contribution in [0.5, 0.6) is 0 Å². The molecule has 0 aliphatic carbocycles. The first kappa shape index (κ1) is 27.6. The molecule has 2 unspecified atom stereocenters. The normalized spacial score (nSPS) is 25.4. The summed E-state index contributed by atoms with van der Waals surface area (Å²) in [6, 6.07) is 6.91. The van der Waals surface area contributed by atoms with Crippen molar-refractivity contribution in [3.05, 3.63) is 59.7 Å². The number of amides is 1. The van der Waals surface area contributed by atoms with Crippen LogP contribution < -0.4 is 10.8 Å². The zero-order valence-electron chi connectivity index (χ0n) is 21.3. The Balaban J connectivity index is 1.51. The third-order valence-electron chi connectivity index (χ3n) is 7.15. The summed E-state index contributed by atoms with van der Waals surface area (Å²) >= 11 is 0. The maximum absolute atomic E-state index is 14.9. The molecule has 2 aliphatic heterocycles. The number of nitrogens with one attached hydrogen (secondary N) is 1. The number of benzene rings is 2. The lowest BCUT2D eigenvalue weighted by atomic mass is 9.78. The zero-order chi connectivity index (χ0) is 27.4. The van der Waals surface area contributed by atoms with Gasteiger partial charge in [-0.05, 0) is 82.0 Å². The van der Waals surface area contributed by atoms with Gasteiger partial charge in [0.1, 0.15) is 23.3 Å². The maximum Gasteiger partial charge on any atom is 0.494 e. The molecule has 4 rings (SSSR count). The SMILES string of the molecule is CC1(F)CC(C(=O)NCc2cc(F)cc(B3OC(C)(C)C(C)(C)O3)c2)N(S(=O)(=O)c2ccc(F)cc2)C1. The Morgan fingerprint density at radius 1 is 1.03 bits per heavy atom. The van der Waals surface area contributed by atoms with E-state index in [1.165, 1.54) is 19.1 Å². The van der Waals surface area contributed by atoms with Crippen molar-refractivity contribution < 1.29 is 35.7 Å². The van der Waals surface area contributed by atoms with Crippen LogP contribution in [0.3, 0.4) is 0 Å². The minimum atomic E-state index is -4.28. The van der Waals surface area contributed by atoms with Crippen molar-refractivity contribution in [3.63, 3.8) is 0 Å². The molecule has 2 fully saturated rings. The first-order valence-electron chi connectivity index (χ1n) is 11.9. The third-order valence-corrected chi connectivity index (χ3v) is 9.02. The predicted molar refractivity (Wildman–Crippen MR) is 132 cm³/mol. The number of sulfonamides is 1. The van der Waals surface area contributed by atoms with Crippen molar-refractivity contribution in [1.29, 1.82) is 0 Å². The monoisotopic (exact) mass is 538 g/mol. The predicted octanol–water partition coefficient (Wildman–Crippen LogP) is 3.07. The van der Waals surface area contributed by atoms with Crippen LogP contribution in [-0.2, 0) is 30.7 Å². The van der Waals surface area contributed by atoms with Crippen LogP contribution in [0.25, 0.3) is 0 Å². The van der Waals surface area contributed by atoms with E-state index in [2.05, 4.69) is 5.32 Å². The van der Waals surface area contributed by atoms with Gasteiger partial charge in [0.25, 0.3) is 0 Å². The van der Waals surface area contributed by atoms with E-state index in [-0.39, 0.29) is 17.9 Å². The van der Waals surface area contributed by atoms with Crippen molar-refractivity contribution in [1.82, 2.24) is 9.62 Å². The lowest BCUT2D eigenvalue weighted by Gasteiger charge is -2.32. The van der Waals surface area contributed by atoms with Crippen LogP contribution in [0.4, 0.5) is 13.2 Å². The lowest BCUT2D eigenvalue weighted by Crippen LogP contribution is -2.45. The molecule has 1 amide bonds. The second-order valence-corrected chi connectivity index (χ2v) is 12.7. The molecule has 2 heterocycles. The topological polar surface area (TPSA) is 84.9 Å². The van der Waals surface area contributed by atoms with Crippen LogP contribution in [0.15, 0.2) is 47.4 Å². The maximum atomic E-state index is 14.9. The molecule has 2 aliphatic rings. The van der Waals surface area contributed by atoms with Gasteiger partial charge in [-0.3, -0.25) is 4.79 Å². The fourth-order valence-corrected chi connectivity index (χ4v) is 6.12. The molecule has 12 heteroatoms. The van der Waals surface area contributed by atoms with Crippen molar-refractivity contribution in [3.8, 4) is 0 Å². The fourth-order valence-electron chi connectivity index (χ4n) is 4.42. The third kappa shape index (κ3) is 5.57. The number of carbonyl (C=O) groups excluding carboxylic acids is 1. The van der Waals surface area contributed by atoms with Gasteiger partial charge in [0.15, 0.2) is 0 Å². The van der Waals surface area contributed by atoms with Crippen LogP contribution in [-0.4, -0.2) is 55.2 Å². The summed E-state index contributed by atoms with van der Waals surface area (Å²) in [6.45, 7) is 8.05. The van der Waals surface area contributed by atoms with Crippen LogP contribution in [0.1, 0.15) is 46.6 Å². The van der Waals surface area contributed by atoms with Crippen LogP contribution >= 0.6 is 0 Å². The zero-order valence-corrected chi connectivity index (χ0v) is 22.2. The first-order valence-corrected chi connectivity index (χ1v) is 13.3. The average Bonchev–Trinajstić information content (AvgIpc) is 3.23. The van der Waals surface area contributed by atoms with E-state index < -0.39 is 64.1 Å². The quantitative estimate of drug-likeness (QED) is 0.572. The van der Waals surface area contributed by atoms with Gasteiger partial charge in [-0.1, -0.05) is 6.07 Å². The van der Waals surface area contributed by atoms with Gasteiger partial charge in [-0.15, -0.1) is 0 Å². The summed E-state index contributed by atoms with van der Waals surface area (Å²) < 4.78 is 81.7.